The smallest absolute Gasteiger partial charge is 0.0205 e. The maximum Gasteiger partial charge on any atom is 0.0205 e. The molecule has 0 radical (unpaired) electrons. The van der Waals surface area contributed by atoms with Crippen LogP contribution in [0.1, 0.15) is 18.9 Å². The maximum absolute atomic E-state index is 3.43. The summed E-state index contributed by atoms with van der Waals surface area (Å²) in [5, 5.41) is 7.74. The fraction of sp³-hybridized carbons (Fsp3) is 0.286. The van der Waals surface area contributed by atoms with Crippen molar-refractivity contribution in [2.24, 2.45) is 0 Å². The molecule has 0 bridgehead atoms. The van der Waals surface area contributed by atoms with Gasteiger partial charge in [-0.2, -0.15) is 11.3 Å². The van der Waals surface area contributed by atoms with Crippen molar-refractivity contribution in [1.82, 2.24) is 5.32 Å². The largest absolute Gasteiger partial charge is 0.313 e. The summed E-state index contributed by atoms with van der Waals surface area (Å²) in [6, 6.07) is 10.9. The molecule has 1 N–H and O–H groups in total. The average molecular weight is 231 g/mol. The third-order valence-electron chi connectivity index (χ3n) is 2.54. The van der Waals surface area contributed by atoms with Gasteiger partial charge in [0.2, 0.25) is 0 Å². The normalized spacial score (nSPS) is 10.6. The summed E-state index contributed by atoms with van der Waals surface area (Å²) in [5.41, 5.74) is 4.00. The van der Waals surface area contributed by atoms with Gasteiger partial charge >= 0.3 is 0 Å². The molecule has 2 aromatic rings. The molecule has 1 nitrogen and oxygen atoms in total. The molecule has 0 aliphatic heterocycles. The molecule has 1 heterocycles. The van der Waals surface area contributed by atoms with Crippen molar-refractivity contribution in [3.05, 3.63) is 46.7 Å². The molecule has 2 heteroatoms. The van der Waals surface area contributed by atoms with Crippen LogP contribution in [0.3, 0.4) is 0 Å². The fourth-order valence-corrected chi connectivity index (χ4v) is 2.36. The highest BCUT2D eigenvalue weighted by atomic mass is 32.1. The Hall–Kier alpha value is -1.12. The maximum atomic E-state index is 3.43. The van der Waals surface area contributed by atoms with E-state index >= 15 is 0 Å². The first-order valence-corrected chi connectivity index (χ1v) is 6.66. The van der Waals surface area contributed by atoms with Gasteiger partial charge in [-0.1, -0.05) is 25.1 Å². The molecule has 0 aliphatic rings. The van der Waals surface area contributed by atoms with Gasteiger partial charge in [0.1, 0.15) is 0 Å². The van der Waals surface area contributed by atoms with E-state index in [9.17, 15) is 0 Å². The van der Waals surface area contributed by atoms with E-state index in [1.165, 1.54) is 23.1 Å². The molecule has 0 amide bonds. The summed E-state index contributed by atoms with van der Waals surface area (Å²) < 4.78 is 0. The molecular weight excluding hydrogens is 214 g/mol. The van der Waals surface area contributed by atoms with Crippen LogP contribution < -0.4 is 5.32 Å². The third kappa shape index (κ3) is 2.94. The lowest BCUT2D eigenvalue weighted by molar-refractivity contribution is 0.675. The van der Waals surface area contributed by atoms with Gasteiger partial charge in [-0.05, 0) is 52.5 Å². The van der Waals surface area contributed by atoms with Crippen LogP contribution in [-0.4, -0.2) is 6.54 Å². The van der Waals surface area contributed by atoms with Gasteiger partial charge in [-0.3, -0.25) is 0 Å². The van der Waals surface area contributed by atoms with Gasteiger partial charge in [-0.25, -0.2) is 0 Å². The first-order chi connectivity index (χ1) is 7.90. The molecular formula is C14H17NS. The zero-order chi connectivity index (χ0) is 11.2. The summed E-state index contributed by atoms with van der Waals surface area (Å²) in [6.45, 7) is 4.24. The lowest BCUT2D eigenvalue weighted by Gasteiger charge is -2.05. The van der Waals surface area contributed by atoms with Crippen LogP contribution in [0.25, 0.3) is 11.1 Å². The number of benzene rings is 1. The molecule has 0 saturated heterocycles. The summed E-state index contributed by atoms with van der Waals surface area (Å²) >= 11 is 1.75. The van der Waals surface area contributed by atoms with Gasteiger partial charge in [0, 0.05) is 6.54 Å². The highest BCUT2D eigenvalue weighted by molar-refractivity contribution is 7.08. The third-order valence-corrected chi connectivity index (χ3v) is 3.22. The van der Waals surface area contributed by atoms with E-state index in [0.717, 1.165) is 13.1 Å². The molecule has 1 aromatic heterocycles. The monoisotopic (exact) mass is 231 g/mol. The molecule has 0 saturated carbocycles. The number of nitrogens with one attached hydrogen (secondary N) is 1. The first kappa shape index (κ1) is 11.4. The summed E-state index contributed by atoms with van der Waals surface area (Å²) in [7, 11) is 0. The molecule has 0 spiro atoms. The Morgan fingerprint density at radius 3 is 2.88 bits per heavy atom. The predicted molar refractivity (Wildman–Crippen MR) is 71.8 cm³/mol. The van der Waals surface area contributed by atoms with Crippen molar-refractivity contribution in [1.29, 1.82) is 0 Å². The minimum atomic E-state index is 0.964. The van der Waals surface area contributed by atoms with Crippen molar-refractivity contribution in [3.63, 3.8) is 0 Å². The van der Waals surface area contributed by atoms with Crippen LogP contribution in [0.4, 0.5) is 0 Å². The van der Waals surface area contributed by atoms with E-state index < -0.39 is 0 Å². The van der Waals surface area contributed by atoms with Gasteiger partial charge < -0.3 is 5.32 Å². The molecule has 0 aliphatic carbocycles. The summed E-state index contributed by atoms with van der Waals surface area (Å²) in [6.07, 6.45) is 1.18. The van der Waals surface area contributed by atoms with Crippen LogP contribution in [0.5, 0.6) is 0 Å². The SMILES string of the molecule is CCCNCc1cccc(-c2ccsc2)c1. The summed E-state index contributed by atoms with van der Waals surface area (Å²) in [5.74, 6) is 0. The Labute approximate surface area is 101 Å². The summed E-state index contributed by atoms with van der Waals surface area (Å²) in [4.78, 5) is 0. The highest BCUT2D eigenvalue weighted by Crippen LogP contribution is 2.22. The Bertz CT molecular complexity index is 420. The Morgan fingerprint density at radius 1 is 1.19 bits per heavy atom. The van der Waals surface area contributed by atoms with Crippen molar-refractivity contribution < 1.29 is 0 Å². The minimum Gasteiger partial charge on any atom is -0.313 e. The van der Waals surface area contributed by atoms with Crippen molar-refractivity contribution in [2.75, 3.05) is 6.54 Å². The average Bonchev–Trinajstić information content (AvgIpc) is 2.83. The highest BCUT2D eigenvalue weighted by Gasteiger charge is 1.99. The van der Waals surface area contributed by atoms with E-state index in [1.807, 2.05) is 0 Å². The second-order valence-corrected chi connectivity index (χ2v) is 4.67. The quantitative estimate of drug-likeness (QED) is 0.769. The Kier molecular flexibility index (Phi) is 4.14. The number of thiophene rings is 1. The lowest BCUT2D eigenvalue weighted by Crippen LogP contribution is -2.13. The van der Waals surface area contributed by atoms with Gasteiger partial charge in [0.05, 0.1) is 0 Å². The first-order valence-electron chi connectivity index (χ1n) is 5.72. The topological polar surface area (TPSA) is 12.0 Å². The van der Waals surface area contributed by atoms with Crippen LogP contribution in [0.2, 0.25) is 0 Å². The molecule has 0 fully saturated rings. The van der Waals surface area contributed by atoms with E-state index in [1.54, 1.807) is 11.3 Å². The number of rotatable bonds is 5. The molecule has 84 valence electrons. The molecule has 16 heavy (non-hydrogen) atoms. The number of hydrogen-bond acceptors (Lipinski definition) is 2. The second kappa shape index (κ2) is 5.83. The van der Waals surface area contributed by atoms with Crippen LogP contribution >= 0.6 is 11.3 Å². The van der Waals surface area contributed by atoms with Gasteiger partial charge in [-0.15, -0.1) is 0 Å². The van der Waals surface area contributed by atoms with E-state index in [0.29, 0.717) is 0 Å². The van der Waals surface area contributed by atoms with E-state index in [-0.39, 0.29) is 0 Å². The molecule has 0 atom stereocenters. The Morgan fingerprint density at radius 2 is 2.12 bits per heavy atom. The van der Waals surface area contributed by atoms with Crippen LogP contribution in [-0.2, 0) is 6.54 Å². The van der Waals surface area contributed by atoms with Crippen molar-refractivity contribution in [2.45, 2.75) is 19.9 Å². The Balaban J connectivity index is 2.08. The minimum absolute atomic E-state index is 0.964. The standard InChI is InChI=1S/C14H17NS/c1-2-7-15-10-12-4-3-5-13(9-12)14-6-8-16-11-14/h3-6,8-9,11,15H,2,7,10H2,1H3. The van der Waals surface area contributed by atoms with Crippen molar-refractivity contribution in [3.8, 4) is 11.1 Å². The van der Waals surface area contributed by atoms with E-state index in [4.69, 9.17) is 0 Å². The molecule has 0 unspecified atom stereocenters. The van der Waals surface area contributed by atoms with Gasteiger partial charge in [0.15, 0.2) is 0 Å². The van der Waals surface area contributed by atoms with Crippen LogP contribution in [0, 0.1) is 0 Å². The van der Waals surface area contributed by atoms with E-state index in [2.05, 4.69) is 53.3 Å². The second-order valence-electron chi connectivity index (χ2n) is 3.89. The lowest BCUT2D eigenvalue weighted by atomic mass is 10.1. The zero-order valence-electron chi connectivity index (χ0n) is 9.57. The van der Waals surface area contributed by atoms with Crippen LogP contribution in [0.15, 0.2) is 41.1 Å². The van der Waals surface area contributed by atoms with Gasteiger partial charge in [0.25, 0.3) is 0 Å². The molecule has 2 rings (SSSR count). The predicted octanol–water partition coefficient (Wildman–Crippen LogP) is 3.91. The fourth-order valence-electron chi connectivity index (χ4n) is 1.70. The zero-order valence-corrected chi connectivity index (χ0v) is 10.4. The van der Waals surface area contributed by atoms with Crippen molar-refractivity contribution >= 4 is 11.3 Å². The molecule has 1 aromatic carbocycles. The number of hydrogen-bond donors (Lipinski definition) is 1.